The molecule has 1 fully saturated rings. The van der Waals surface area contributed by atoms with Gasteiger partial charge in [-0.15, -0.1) is 0 Å². The van der Waals surface area contributed by atoms with Crippen LogP contribution < -0.4 is 4.74 Å². The van der Waals surface area contributed by atoms with E-state index in [9.17, 15) is 18.0 Å². The van der Waals surface area contributed by atoms with Crippen molar-refractivity contribution in [1.29, 1.82) is 0 Å². The Kier molecular flexibility index (Phi) is 5.30. The van der Waals surface area contributed by atoms with Gasteiger partial charge in [0.15, 0.2) is 0 Å². The van der Waals surface area contributed by atoms with Gasteiger partial charge >= 0.3 is 12.3 Å². The number of hydrogen-bond donors (Lipinski definition) is 0. The van der Waals surface area contributed by atoms with Gasteiger partial charge in [0, 0.05) is 6.54 Å². The summed E-state index contributed by atoms with van der Waals surface area (Å²) in [5, 5.41) is 0. The highest BCUT2D eigenvalue weighted by Crippen LogP contribution is 2.30. The average molecular weight is 345 g/mol. The second-order valence-corrected chi connectivity index (χ2v) is 6.83. The van der Waals surface area contributed by atoms with Crippen molar-refractivity contribution in [2.45, 2.75) is 51.5 Å². The minimum atomic E-state index is -4.36. The maximum absolute atomic E-state index is 12.6. The molecule has 0 N–H and O–H groups in total. The van der Waals surface area contributed by atoms with E-state index in [4.69, 9.17) is 9.47 Å². The molecule has 1 saturated heterocycles. The molecule has 1 atom stereocenters. The normalized spacial score (nSPS) is 19.1. The summed E-state index contributed by atoms with van der Waals surface area (Å²) >= 11 is 0. The molecule has 0 spiro atoms. The molecule has 24 heavy (non-hydrogen) atoms. The minimum Gasteiger partial charge on any atom is -0.489 e. The van der Waals surface area contributed by atoms with Crippen LogP contribution in [0.3, 0.4) is 0 Å². The van der Waals surface area contributed by atoms with Gasteiger partial charge in [-0.1, -0.05) is 0 Å². The van der Waals surface area contributed by atoms with E-state index in [1.54, 1.807) is 25.7 Å². The van der Waals surface area contributed by atoms with E-state index in [0.717, 1.165) is 25.0 Å². The number of rotatable bonds is 2. The molecule has 0 aliphatic carbocycles. The Labute approximate surface area is 139 Å². The van der Waals surface area contributed by atoms with E-state index in [1.807, 2.05) is 0 Å². The largest absolute Gasteiger partial charge is 0.489 e. The summed E-state index contributed by atoms with van der Waals surface area (Å²) in [4.78, 5) is 13.7. The molecule has 0 aromatic heterocycles. The maximum atomic E-state index is 12.6. The lowest BCUT2D eigenvalue weighted by molar-refractivity contribution is -0.137. The second kappa shape index (κ2) is 6.91. The van der Waals surface area contributed by atoms with Gasteiger partial charge in [-0.05, 0) is 57.9 Å². The van der Waals surface area contributed by atoms with Crippen molar-refractivity contribution in [2.24, 2.45) is 0 Å². The number of carbonyl (C=O) groups is 1. The highest BCUT2D eigenvalue weighted by molar-refractivity contribution is 5.68. The maximum Gasteiger partial charge on any atom is 0.416 e. The smallest absolute Gasteiger partial charge is 0.416 e. The number of hydrogen-bond acceptors (Lipinski definition) is 3. The van der Waals surface area contributed by atoms with Gasteiger partial charge in [0.1, 0.15) is 17.5 Å². The second-order valence-electron chi connectivity index (χ2n) is 6.83. The summed E-state index contributed by atoms with van der Waals surface area (Å²) in [6.07, 6.45) is -3.53. The number of alkyl halides is 3. The van der Waals surface area contributed by atoms with Crippen molar-refractivity contribution in [3.05, 3.63) is 29.8 Å². The molecule has 1 aliphatic rings. The number of nitrogens with zero attached hydrogens (tertiary/aromatic N) is 1. The fourth-order valence-corrected chi connectivity index (χ4v) is 2.44. The lowest BCUT2D eigenvalue weighted by Gasteiger charge is -2.34. The fourth-order valence-electron chi connectivity index (χ4n) is 2.44. The van der Waals surface area contributed by atoms with Crippen LogP contribution in [0.5, 0.6) is 5.75 Å². The zero-order valence-corrected chi connectivity index (χ0v) is 14.0. The third kappa shape index (κ3) is 5.32. The Morgan fingerprint density at radius 3 is 2.33 bits per heavy atom. The van der Waals surface area contributed by atoms with Gasteiger partial charge in [0.2, 0.25) is 0 Å². The molecule has 1 aromatic carbocycles. The zero-order valence-electron chi connectivity index (χ0n) is 14.0. The van der Waals surface area contributed by atoms with Gasteiger partial charge in [-0.25, -0.2) is 4.79 Å². The van der Waals surface area contributed by atoms with Crippen LogP contribution in [0.25, 0.3) is 0 Å². The molecule has 0 saturated carbocycles. The fraction of sp³-hybridized carbons (Fsp3) is 0.588. The van der Waals surface area contributed by atoms with Crippen molar-refractivity contribution in [1.82, 2.24) is 4.90 Å². The first kappa shape index (κ1) is 18.4. The van der Waals surface area contributed by atoms with Gasteiger partial charge in [-0.3, -0.25) is 0 Å². The van der Waals surface area contributed by atoms with Crippen molar-refractivity contribution in [3.63, 3.8) is 0 Å². The van der Waals surface area contributed by atoms with E-state index in [-0.39, 0.29) is 6.10 Å². The molecular weight excluding hydrogens is 323 g/mol. The molecule has 2 rings (SSSR count). The summed E-state index contributed by atoms with van der Waals surface area (Å²) in [7, 11) is 0. The Balaban J connectivity index is 1.94. The van der Waals surface area contributed by atoms with Gasteiger partial charge in [0.05, 0.1) is 12.1 Å². The summed E-state index contributed by atoms with van der Waals surface area (Å²) in [5.74, 6) is 0.360. The molecule has 1 aromatic rings. The van der Waals surface area contributed by atoms with Gasteiger partial charge in [-0.2, -0.15) is 13.2 Å². The molecule has 1 aliphatic heterocycles. The van der Waals surface area contributed by atoms with Crippen LogP contribution in [0.1, 0.15) is 39.2 Å². The molecule has 4 nitrogen and oxygen atoms in total. The number of likely N-dealkylation sites (tertiary alicyclic amines) is 1. The van der Waals surface area contributed by atoms with Crippen LogP contribution in [0, 0.1) is 0 Å². The lowest BCUT2D eigenvalue weighted by atomic mass is 10.1. The molecule has 0 unspecified atom stereocenters. The molecule has 0 bridgehead atoms. The molecule has 0 radical (unpaired) electrons. The quantitative estimate of drug-likeness (QED) is 0.793. The standard InChI is InChI=1S/C17H22F3NO3/c1-16(2,3)24-15(22)21-10-4-5-14(11-21)23-13-8-6-12(7-9-13)17(18,19)20/h6-9,14H,4-5,10-11H2,1-3H3/t14-/m1/s1. The molecule has 1 amide bonds. The van der Waals surface area contributed by atoms with Crippen molar-refractivity contribution >= 4 is 6.09 Å². The first-order valence-electron chi connectivity index (χ1n) is 7.86. The van der Waals surface area contributed by atoms with Crippen molar-refractivity contribution in [3.8, 4) is 5.75 Å². The van der Waals surface area contributed by atoms with Crippen LogP contribution in [-0.4, -0.2) is 35.8 Å². The summed E-state index contributed by atoms with van der Waals surface area (Å²) < 4.78 is 48.7. The Morgan fingerprint density at radius 1 is 1.17 bits per heavy atom. The van der Waals surface area contributed by atoms with Crippen LogP contribution in [0.4, 0.5) is 18.0 Å². The monoisotopic (exact) mass is 345 g/mol. The first-order valence-corrected chi connectivity index (χ1v) is 7.86. The summed E-state index contributed by atoms with van der Waals surface area (Å²) in [6, 6.07) is 4.58. The molecule has 134 valence electrons. The van der Waals surface area contributed by atoms with Crippen LogP contribution >= 0.6 is 0 Å². The number of ether oxygens (including phenoxy) is 2. The van der Waals surface area contributed by atoms with Gasteiger partial charge in [0.25, 0.3) is 0 Å². The third-order valence-corrected chi connectivity index (χ3v) is 3.51. The summed E-state index contributed by atoms with van der Waals surface area (Å²) in [5.41, 5.74) is -1.29. The highest BCUT2D eigenvalue weighted by Gasteiger charge is 2.31. The van der Waals surface area contributed by atoms with Crippen LogP contribution in [0.2, 0.25) is 0 Å². The van der Waals surface area contributed by atoms with E-state index in [0.29, 0.717) is 18.8 Å². The van der Waals surface area contributed by atoms with Gasteiger partial charge < -0.3 is 14.4 Å². The summed E-state index contributed by atoms with van der Waals surface area (Å²) in [6.45, 7) is 6.33. The minimum absolute atomic E-state index is 0.261. The Hall–Kier alpha value is -1.92. The van der Waals surface area contributed by atoms with Crippen molar-refractivity contribution in [2.75, 3.05) is 13.1 Å². The number of carbonyl (C=O) groups excluding carboxylic acids is 1. The van der Waals surface area contributed by atoms with Crippen LogP contribution in [0.15, 0.2) is 24.3 Å². The topological polar surface area (TPSA) is 38.8 Å². The Bertz CT molecular complexity index is 564. The number of halogens is 3. The average Bonchev–Trinajstić information content (AvgIpc) is 2.45. The molecule has 7 heteroatoms. The lowest BCUT2D eigenvalue weighted by Crippen LogP contribution is -2.46. The van der Waals surface area contributed by atoms with E-state index < -0.39 is 23.4 Å². The number of piperidine rings is 1. The van der Waals surface area contributed by atoms with E-state index >= 15 is 0 Å². The Morgan fingerprint density at radius 2 is 1.79 bits per heavy atom. The van der Waals surface area contributed by atoms with E-state index in [1.165, 1.54) is 12.1 Å². The molecular formula is C17H22F3NO3. The first-order chi connectivity index (χ1) is 11.0. The number of benzene rings is 1. The predicted octanol–water partition coefficient (Wildman–Crippen LogP) is 4.48. The third-order valence-electron chi connectivity index (χ3n) is 3.51. The SMILES string of the molecule is CC(C)(C)OC(=O)N1CCC[C@@H](Oc2ccc(C(F)(F)F)cc2)C1. The highest BCUT2D eigenvalue weighted by atomic mass is 19.4. The van der Waals surface area contributed by atoms with Crippen molar-refractivity contribution < 1.29 is 27.4 Å². The van der Waals surface area contributed by atoms with E-state index in [2.05, 4.69) is 0 Å². The van der Waals surface area contributed by atoms with Crippen LogP contribution in [-0.2, 0) is 10.9 Å². The molecule has 1 heterocycles. The number of amides is 1. The zero-order chi connectivity index (χ0) is 18.0. The predicted molar refractivity (Wildman–Crippen MR) is 82.9 cm³/mol.